The second-order valence-electron chi connectivity index (χ2n) is 2.85. The molecule has 2 rings (SSSR count). The van der Waals surface area contributed by atoms with Crippen molar-refractivity contribution in [1.29, 1.82) is 0 Å². The number of fused-ring (bicyclic) bond motifs is 1. The Balaban J connectivity index is 2.55. The highest BCUT2D eigenvalue weighted by atomic mass is 16.5. The highest BCUT2D eigenvalue weighted by molar-refractivity contribution is 5.93. The molecule has 1 aromatic carbocycles. The number of hydrogen-bond donors (Lipinski definition) is 2. The Hall–Kier alpha value is -2.04. The van der Waals surface area contributed by atoms with Crippen molar-refractivity contribution < 1.29 is 9.53 Å². The Morgan fingerprint density at radius 2 is 2.36 bits per heavy atom. The minimum absolute atomic E-state index is 0.335. The van der Waals surface area contributed by atoms with Crippen molar-refractivity contribution in [2.75, 3.05) is 12.8 Å². The summed E-state index contributed by atoms with van der Waals surface area (Å²) < 4.78 is 4.59. The van der Waals surface area contributed by atoms with E-state index in [9.17, 15) is 4.79 Å². The molecule has 14 heavy (non-hydrogen) atoms. The molecule has 0 spiro atoms. The van der Waals surface area contributed by atoms with Gasteiger partial charge in [-0.25, -0.2) is 9.78 Å². The molecular formula is C9H9N3O2. The number of carbonyl (C=O) groups excluding carboxylic acids is 1. The van der Waals surface area contributed by atoms with Crippen LogP contribution in [0.4, 0.5) is 5.95 Å². The minimum Gasteiger partial charge on any atom is -0.465 e. The van der Waals surface area contributed by atoms with Gasteiger partial charge in [0.05, 0.1) is 23.7 Å². The van der Waals surface area contributed by atoms with Crippen LogP contribution in [-0.4, -0.2) is 23.0 Å². The number of methoxy groups -OCH3 is 1. The smallest absolute Gasteiger partial charge is 0.337 e. The third kappa shape index (κ3) is 1.28. The predicted octanol–water partition coefficient (Wildman–Crippen LogP) is 0.932. The number of aromatic nitrogens is 2. The molecule has 0 aliphatic rings. The summed E-state index contributed by atoms with van der Waals surface area (Å²) >= 11 is 0. The van der Waals surface area contributed by atoms with Gasteiger partial charge in [0.2, 0.25) is 0 Å². The summed E-state index contributed by atoms with van der Waals surface area (Å²) in [6.45, 7) is 0. The van der Waals surface area contributed by atoms with Gasteiger partial charge in [0, 0.05) is 0 Å². The van der Waals surface area contributed by atoms with Gasteiger partial charge in [-0.05, 0) is 18.2 Å². The van der Waals surface area contributed by atoms with Gasteiger partial charge >= 0.3 is 5.97 Å². The quantitative estimate of drug-likeness (QED) is 0.657. The first kappa shape index (κ1) is 8.55. The Bertz CT molecular complexity index is 490. The maximum Gasteiger partial charge on any atom is 0.337 e. The van der Waals surface area contributed by atoms with Crippen LogP contribution in [0.15, 0.2) is 18.2 Å². The zero-order valence-electron chi connectivity index (χ0n) is 7.57. The molecule has 2 aromatic rings. The van der Waals surface area contributed by atoms with Crippen LogP contribution in [0.5, 0.6) is 0 Å². The summed E-state index contributed by atoms with van der Waals surface area (Å²) in [4.78, 5) is 18.0. The van der Waals surface area contributed by atoms with Gasteiger partial charge in [-0.1, -0.05) is 0 Å². The highest BCUT2D eigenvalue weighted by Gasteiger charge is 2.07. The molecule has 0 amide bonds. The van der Waals surface area contributed by atoms with E-state index in [2.05, 4.69) is 14.7 Å². The van der Waals surface area contributed by atoms with Gasteiger partial charge in [-0.15, -0.1) is 0 Å². The van der Waals surface area contributed by atoms with Gasteiger partial charge < -0.3 is 15.5 Å². The highest BCUT2D eigenvalue weighted by Crippen LogP contribution is 2.14. The van der Waals surface area contributed by atoms with E-state index < -0.39 is 0 Å². The van der Waals surface area contributed by atoms with Crippen molar-refractivity contribution >= 4 is 23.0 Å². The van der Waals surface area contributed by atoms with Crippen LogP contribution >= 0.6 is 0 Å². The molecule has 0 saturated heterocycles. The number of nitrogens with one attached hydrogen (secondary N) is 1. The molecule has 0 bridgehead atoms. The molecule has 0 radical (unpaired) electrons. The van der Waals surface area contributed by atoms with Crippen LogP contribution in [0.1, 0.15) is 10.4 Å². The molecule has 0 saturated carbocycles. The molecule has 0 fully saturated rings. The van der Waals surface area contributed by atoms with Gasteiger partial charge in [-0.3, -0.25) is 0 Å². The summed E-state index contributed by atoms with van der Waals surface area (Å²) in [5.74, 6) is -0.0397. The lowest BCUT2D eigenvalue weighted by atomic mass is 10.2. The number of ether oxygens (including phenoxy) is 1. The topological polar surface area (TPSA) is 81.0 Å². The second kappa shape index (κ2) is 3.02. The first-order valence-corrected chi connectivity index (χ1v) is 4.04. The number of hydrogen-bond acceptors (Lipinski definition) is 4. The molecule has 0 aliphatic carbocycles. The Kier molecular flexibility index (Phi) is 1.85. The minimum atomic E-state index is -0.375. The Morgan fingerprint density at radius 1 is 1.57 bits per heavy atom. The normalized spacial score (nSPS) is 10.4. The molecule has 1 aromatic heterocycles. The van der Waals surface area contributed by atoms with Crippen molar-refractivity contribution in [2.45, 2.75) is 0 Å². The van der Waals surface area contributed by atoms with E-state index in [1.165, 1.54) is 7.11 Å². The van der Waals surface area contributed by atoms with Crippen LogP contribution in [-0.2, 0) is 4.74 Å². The maximum atomic E-state index is 11.2. The molecule has 0 unspecified atom stereocenters. The summed E-state index contributed by atoms with van der Waals surface area (Å²) in [5.41, 5.74) is 7.40. The molecule has 0 atom stereocenters. The standard InChI is InChI=1S/C9H9N3O2/c1-14-8(13)5-2-3-6-7(4-5)12-9(10)11-6/h2-4H,1H3,(H3,10,11,12). The molecule has 0 aliphatic heterocycles. The number of anilines is 1. The first-order valence-electron chi connectivity index (χ1n) is 4.04. The number of nitrogen functional groups attached to an aromatic ring is 1. The van der Waals surface area contributed by atoms with Crippen LogP contribution in [0, 0.1) is 0 Å². The number of nitrogens with two attached hydrogens (primary N) is 1. The van der Waals surface area contributed by atoms with Crippen LogP contribution in [0.3, 0.4) is 0 Å². The number of carbonyl (C=O) groups is 1. The number of H-pyrrole nitrogens is 1. The van der Waals surface area contributed by atoms with Gasteiger partial charge in [0.25, 0.3) is 0 Å². The zero-order chi connectivity index (χ0) is 10.1. The number of imidazole rings is 1. The van der Waals surface area contributed by atoms with E-state index >= 15 is 0 Å². The fraction of sp³-hybridized carbons (Fsp3) is 0.111. The van der Waals surface area contributed by atoms with Crippen molar-refractivity contribution in [3.8, 4) is 0 Å². The summed E-state index contributed by atoms with van der Waals surface area (Å²) in [7, 11) is 1.34. The molecule has 72 valence electrons. The summed E-state index contributed by atoms with van der Waals surface area (Å²) in [6, 6.07) is 5.02. The Morgan fingerprint density at radius 3 is 3.07 bits per heavy atom. The molecule has 5 nitrogen and oxygen atoms in total. The van der Waals surface area contributed by atoms with E-state index in [4.69, 9.17) is 5.73 Å². The predicted molar refractivity (Wildman–Crippen MR) is 51.8 cm³/mol. The van der Waals surface area contributed by atoms with E-state index in [0.29, 0.717) is 11.5 Å². The second-order valence-corrected chi connectivity index (χ2v) is 2.85. The van der Waals surface area contributed by atoms with Crippen LogP contribution < -0.4 is 5.73 Å². The fourth-order valence-electron chi connectivity index (χ4n) is 1.27. The fourth-order valence-corrected chi connectivity index (χ4v) is 1.27. The monoisotopic (exact) mass is 191 g/mol. The number of benzene rings is 1. The van der Waals surface area contributed by atoms with E-state index in [-0.39, 0.29) is 5.97 Å². The largest absolute Gasteiger partial charge is 0.465 e. The van der Waals surface area contributed by atoms with E-state index in [1.54, 1.807) is 18.2 Å². The summed E-state index contributed by atoms with van der Waals surface area (Å²) in [6.07, 6.45) is 0. The van der Waals surface area contributed by atoms with Crippen molar-refractivity contribution in [1.82, 2.24) is 9.97 Å². The van der Waals surface area contributed by atoms with Gasteiger partial charge in [0.1, 0.15) is 0 Å². The SMILES string of the molecule is COC(=O)c1ccc2nc(N)[nH]c2c1. The van der Waals surface area contributed by atoms with E-state index in [0.717, 1.165) is 11.0 Å². The van der Waals surface area contributed by atoms with Gasteiger partial charge in [0.15, 0.2) is 5.95 Å². The lowest BCUT2D eigenvalue weighted by Crippen LogP contribution is -2.00. The van der Waals surface area contributed by atoms with Crippen molar-refractivity contribution in [3.05, 3.63) is 23.8 Å². The van der Waals surface area contributed by atoms with Crippen molar-refractivity contribution in [2.24, 2.45) is 0 Å². The van der Waals surface area contributed by atoms with Gasteiger partial charge in [-0.2, -0.15) is 0 Å². The Labute approximate surface area is 79.9 Å². The average Bonchev–Trinajstić information content (AvgIpc) is 2.55. The third-order valence-corrected chi connectivity index (χ3v) is 1.92. The molecular weight excluding hydrogens is 182 g/mol. The van der Waals surface area contributed by atoms with Crippen LogP contribution in [0.2, 0.25) is 0 Å². The lowest BCUT2D eigenvalue weighted by Gasteiger charge is -1.97. The lowest BCUT2D eigenvalue weighted by molar-refractivity contribution is 0.0601. The zero-order valence-corrected chi connectivity index (χ0v) is 7.57. The number of aromatic amines is 1. The van der Waals surface area contributed by atoms with Crippen LogP contribution in [0.25, 0.3) is 11.0 Å². The number of esters is 1. The first-order chi connectivity index (χ1) is 6.70. The molecule has 5 heteroatoms. The molecule has 1 heterocycles. The van der Waals surface area contributed by atoms with E-state index in [1.807, 2.05) is 0 Å². The maximum absolute atomic E-state index is 11.2. The van der Waals surface area contributed by atoms with Crippen molar-refractivity contribution in [3.63, 3.8) is 0 Å². The number of nitrogens with zero attached hydrogens (tertiary/aromatic N) is 1. The molecule has 3 N–H and O–H groups in total. The number of rotatable bonds is 1. The summed E-state index contributed by atoms with van der Waals surface area (Å²) in [5, 5.41) is 0. The third-order valence-electron chi connectivity index (χ3n) is 1.92. The average molecular weight is 191 g/mol.